The molecular formula is C18H22N4O7S. The molecule has 0 radical (unpaired) electrons. The first-order valence-electron chi connectivity index (χ1n) is 9.09. The van der Waals surface area contributed by atoms with Crippen molar-refractivity contribution in [3.05, 3.63) is 17.8 Å². The molecule has 0 bridgehead atoms. The first-order valence-corrected chi connectivity index (χ1v) is 9.90. The number of hydrogen-bond acceptors (Lipinski definition) is 12. The summed E-state index contributed by atoms with van der Waals surface area (Å²) in [6.45, 7) is 7.84. The number of fused-ring (bicyclic) bond motifs is 1. The average molecular weight is 438 g/mol. The molecule has 30 heavy (non-hydrogen) atoms. The van der Waals surface area contributed by atoms with Crippen LogP contribution in [-0.2, 0) is 33.3 Å². The minimum absolute atomic E-state index is 0.0404. The summed E-state index contributed by atoms with van der Waals surface area (Å²) in [6.07, 6.45) is -1.72. The number of anilines is 2. The summed E-state index contributed by atoms with van der Waals surface area (Å²) in [5, 5.41) is 0.550. The number of thioether (sulfide) groups is 1. The Morgan fingerprint density at radius 3 is 2.50 bits per heavy atom. The van der Waals surface area contributed by atoms with Crippen LogP contribution in [0.3, 0.4) is 0 Å². The van der Waals surface area contributed by atoms with Gasteiger partial charge in [-0.2, -0.15) is 4.98 Å². The van der Waals surface area contributed by atoms with Crippen molar-refractivity contribution in [3.8, 4) is 0 Å². The molecule has 1 saturated heterocycles. The van der Waals surface area contributed by atoms with Crippen LogP contribution in [0.4, 0.5) is 11.8 Å². The molecule has 11 nitrogen and oxygen atoms in total. The highest BCUT2D eigenvalue weighted by atomic mass is 32.2. The molecule has 0 spiro atoms. The van der Waals surface area contributed by atoms with Crippen molar-refractivity contribution in [2.45, 2.75) is 56.6 Å². The normalized spacial score (nSPS) is 25.0. The van der Waals surface area contributed by atoms with Gasteiger partial charge in [-0.15, -0.1) is 0 Å². The van der Waals surface area contributed by atoms with Crippen LogP contribution >= 0.6 is 11.8 Å². The molecule has 2 aliphatic rings. The van der Waals surface area contributed by atoms with Crippen LogP contribution < -0.4 is 10.6 Å². The Kier molecular flexibility index (Phi) is 6.46. The number of carbonyl (C=O) groups is 3. The second kappa shape index (κ2) is 8.88. The van der Waals surface area contributed by atoms with Gasteiger partial charge in [-0.25, -0.2) is 4.98 Å². The zero-order chi connectivity index (χ0) is 22.0. The van der Waals surface area contributed by atoms with Gasteiger partial charge in [-0.1, -0.05) is 18.3 Å². The van der Waals surface area contributed by atoms with E-state index in [0.717, 1.165) is 0 Å². The molecule has 3 heterocycles. The summed E-state index contributed by atoms with van der Waals surface area (Å²) < 4.78 is 22.0. The Morgan fingerprint density at radius 1 is 1.20 bits per heavy atom. The van der Waals surface area contributed by atoms with Gasteiger partial charge in [0.1, 0.15) is 6.10 Å². The summed E-state index contributed by atoms with van der Waals surface area (Å²) in [6, 6.07) is 0. The zero-order valence-electron chi connectivity index (χ0n) is 16.7. The Labute approximate surface area is 176 Å². The molecule has 0 aliphatic carbocycles. The smallest absolute Gasteiger partial charge is 0.303 e. The van der Waals surface area contributed by atoms with Gasteiger partial charge in [-0.3, -0.25) is 19.3 Å². The number of hydrogen-bond donors (Lipinski definition) is 1. The van der Waals surface area contributed by atoms with Crippen molar-refractivity contribution in [3.63, 3.8) is 0 Å². The number of aromatic nitrogens is 2. The second-order valence-electron chi connectivity index (χ2n) is 6.62. The third-order valence-electron chi connectivity index (χ3n) is 4.33. The summed E-state index contributed by atoms with van der Waals surface area (Å²) >= 11 is 1.31. The molecule has 2 N–H and O–H groups in total. The lowest BCUT2D eigenvalue weighted by Gasteiger charge is -2.30. The quantitative estimate of drug-likeness (QED) is 0.499. The standard InChI is InChI=1S/C18H22N4O7S/c1-8-22(16-13(30-8)7-20-18(19)21-16)17-15(28-11(4)25)14(27-10(3)24)12(29-17)5-6-26-9(2)23/h7,12,14-15,17H,1,5-6H2,2-4H3,(H2,19,20,21)/t12-,14-,15-,17-/m1/s1. The maximum Gasteiger partial charge on any atom is 0.303 e. The van der Waals surface area contributed by atoms with E-state index in [4.69, 9.17) is 24.7 Å². The minimum Gasteiger partial charge on any atom is -0.466 e. The molecule has 0 aromatic carbocycles. The summed E-state index contributed by atoms with van der Waals surface area (Å²) in [4.78, 5) is 45.2. The lowest BCUT2D eigenvalue weighted by Crippen LogP contribution is -2.46. The lowest BCUT2D eigenvalue weighted by molar-refractivity contribution is -0.164. The van der Waals surface area contributed by atoms with Crippen LogP contribution in [0.1, 0.15) is 27.2 Å². The molecule has 162 valence electrons. The van der Waals surface area contributed by atoms with Gasteiger partial charge in [0.2, 0.25) is 5.95 Å². The minimum atomic E-state index is -0.979. The number of nitrogens with zero attached hydrogens (tertiary/aromatic N) is 3. The van der Waals surface area contributed by atoms with Crippen LogP contribution in [0.15, 0.2) is 22.7 Å². The van der Waals surface area contributed by atoms with Crippen LogP contribution in [0.25, 0.3) is 0 Å². The van der Waals surface area contributed by atoms with E-state index in [-0.39, 0.29) is 19.0 Å². The van der Waals surface area contributed by atoms with Gasteiger partial charge in [-0.05, 0) is 0 Å². The second-order valence-corrected chi connectivity index (χ2v) is 7.74. The van der Waals surface area contributed by atoms with E-state index in [0.29, 0.717) is 15.7 Å². The Bertz CT molecular complexity index is 880. The number of ether oxygens (including phenoxy) is 4. The number of nitrogen functional groups attached to an aromatic ring is 1. The van der Waals surface area contributed by atoms with Crippen molar-refractivity contribution in [1.29, 1.82) is 0 Å². The van der Waals surface area contributed by atoms with E-state index < -0.39 is 42.4 Å². The monoisotopic (exact) mass is 438 g/mol. The molecule has 3 rings (SSSR count). The summed E-state index contributed by atoms with van der Waals surface area (Å²) in [7, 11) is 0. The Hall–Kier alpha value is -2.86. The van der Waals surface area contributed by atoms with E-state index in [1.807, 2.05) is 0 Å². The predicted octanol–water partition coefficient (Wildman–Crippen LogP) is 0.984. The third kappa shape index (κ3) is 4.65. The number of rotatable bonds is 6. The topological polar surface area (TPSA) is 143 Å². The number of carbonyl (C=O) groups excluding carboxylic acids is 3. The molecule has 0 saturated carbocycles. The van der Waals surface area contributed by atoms with Gasteiger partial charge >= 0.3 is 17.9 Å². The Morgan fingerprint density at radius 2 is 1.87 bits per heavy atom. The molecular weight excluding hydrogens is 416 g/mol. The lowest BCUT2D eigenvalue weighted by atomic mass is 10.1. The van der Waals surface area contributed by atoms with E-state index in [2.05, 4.69) is 16.5 Å². The highest BCUT2D eigenvalue weighted by molar-refractivity contribution is 8.03. The maximum atomic E-state index is 11.8. The van der Waals surface area contributed by atoms with Crippen molar-refractivity contribution in [2.75, 3.05) is 17.2 Å². The molecule has 1 aromatic rings. The molecule has 1 aromatic heterocycles. The van der Waals surface area contributed by atoms with Gasteiger partial charge < -0.3 is 24.7 Å². The summed E-state index contributed by atoms with van der Waals surface area (Å²) in [5.41, 5.74) is 5.74. The van der Waals surface area contributed by atoms with Gasteiger partial charge in [0.05, 0.1) is 16.5 Å². The van der Waals surface area contributed by atoms with Crippen molar-refractivity contribution in [2.24, 2.45) is 0 Å². The van der Waals surface area contributed by atoms with E-state index in [1.54, 1.807) is 11.1 Å². The predicted molar refractivity (Wildman–Crippen MR) is 105 cm³/mol. The highest BCUT2D eigenvalue weighted by Crippen LogP contribution is 2.47. The van der Waals surface area contributed by atoms with Crippen LogP contribution in [0.5, 0.6) is 0 Å². The zero-order valence-corrected chi connectivity index (χ0v) is 17.5. The van der Waals surface area contributed by atoms with Crippen LogP contribution in [0.2, 0.25) is 0 Å². The molecule has 0 unspecified atom stereocenters. The third-order valence-corrected chi connectivity index (χ3v) is 5.27. The fourth-order valence-corrected chi connectivity index (χ4v) is 4.18. The number of nitrogens with two attached hydrogens (primary N) is 1. The van der Waals surface area contributed by atoms with E-state index >= 15 is 0 Å². The maximum absolute atomic E-state index is 11.8. The van der Waals surface area contributed by atoms with E-state index in [9.17, 15) is 14.4 Å². The molecule has 1 fully saturated rings. The molecule has 12 heteroatoms. The van der Waals surface area contributed by atoms with E-state index in [1.165, 1.54) is 32.5 Å². The molecule has 4 atom stereocenters. The summed E-state index contributed by atoms with van der Waals surface area (Å²) in [5.74, 6) is -1.09. The van der Waals surface area contributed by atoms with Crippen LogP contribution in [-0.4, -0.2) is 59.0 Å². The van der Waals surface area contributed by atoms with Crippen molar-refractivity contribution >= 4 is 41.4 Å². The van der Waals surface area contributed by atoms with Gasteiger partial charge in [0, 0.05) is 33.4 Å². The highest BCUT2D eigenvalue weighted by Gasteiger charge is 2.53. The van der Waals surface area contributed by atoms with Crippen LogP contribution in [0, 0.1) is 0 Å². The fraction of sp³-hybridized carbons (Fsp3) is 0.500. The fourth-order valence-electron chi connectivity index (χ4n) is 3.29. The largest absolute Gasteiger partial charge is 0.466 e. The van der Waals surface area contributed by atoms with Crippen molar-refractivity contribution < 1.29 is 33.3 Å². The van der Waals surface area contributed by atoms with Gasteiger partial charge in [0.25, 0.3) is 0 Å². The average Bonchev–Trinajstić information content (AvgIpc) is 3.11. The van der Waals surface area contributed by atoms with Crippen molar-refractivity contribution in [1.82, 2.24) is 9.97 Å². The molecule has 0 amide bonds. The Balaban J connectivity index is 1.94. The first kappa shape index (κ1) is 21.8. The first-order chi connectivity index (χ1) is 14.2. The van der Waals surface area contributed by atoms with Gasteiger partial charge in [0.15, 0.2) is 24.3 Å². The number of esters is 3. The SMILES string of the molecule is C=C1Sc2cnc(N)nc2N1[C@@H]1O[C@H](CCOC(C)=O)[C@@H](OC(C)=O)[C@H]1OC(C)=O. The molecule has 2 aliphatic heterocycles.